The van der Waals surface area contributed by atoms with Gasteiger partial charge in [0.2, 0.25) is 0 Å². The van der Waals surface area contributed by atoms with Crippen molar-refractivity contribution in [2.75, 3.05) is 5.32 Å². The Kier molecular flexibility index (Phi) is 4.62. The molecular weight excluding hydrogens is 336 g/mol. The second-order valence-corrected chi connectivity index (χ2v) is 5.73. The SMILES string of the molecule is CCn1cc(C(C)Nc2cc([N+](=O)[O-])c(C)cc2Br)cn1. The van der Waals surface area contributed by atoms with E-state index >= 15 is 0 Å². The molecule has 1 N–H and O–H groups in total. The Bertz CT molecular complexity index is 669. The van der Waals surface area contributed by atoms with Crippen LogP contribution in [0, 0.1) is 17.0 Å². The Morgan fingerprint density at radius 2 is 2.24 bits per heavy atom. The highest BCUT2D eigenvalue weighted by molar-refractivity contribution is 9.10. The quantitative estimate of drug-likeness (QED) is 0.650. The van der Waals surface area contributed by atoms with Gasteiger partial charge < -0.3 is 5.32 Å². The smallest absolute Gasteiger partial charge is 0.274 e. The van der Waals surface area contributed by atoms with E-state index in [1.54, 1.807) is 25.3 Å². The van der Waals surface area contributed by atoms with Crippen LogP contribution in [0.25, 0.3) is 0 Å². The standard InChI is InChI=1S/C14H17BrN4O2/c1-4-18-8-11(7-16-18)10(3)17-13-6-14(19(20)21)9(2)5-12(13)15/h5-8,10,17H,4H2,1-3H3. The van der Waals surface area contributed by atoms with Crippen molar-refractivity contribution in [3.05, 3.63) is 50.2 Å². The Morgan fingerprint density at radius 1 is 1.52 bits per heavy atom. The largest absolute Gasteiger partial charge is 0.377 e. The molecule has 0 saturated heterocycles. The monoisotopic (exact) mass is 352 g/mol. The second-order valence-electron chi connectivity index (χ2n) is 4.87. The highest BCUT2D eigenvalue weighted by atomic mass is 79.9. The van der Waals surface area contributed by atoms with Crippen LogP contribution in [0.15, 0.2) is 29.0 Å². The van der Waals surface area contributed by atoms with Crippen molar-refractivity contribution < 1.29 is 4.92 Å². The van der Waals surface area contributed by atoms with Crippen molar-refractivity contribution in [1.29, 1.82) is 0 Å². The molecule has 0 saturated carbocycles. The van der Waals surface area contributed by atoms with E-state index in [-0.39, 0.29) is 16.7 Å². The van der Waals surface area contributed by atoms with Crippen molar-refractivity contribution in [3.8, 4) is 0 Å². The van der Waals surface area contributed by atoms with E-state index in [4.69, 9.17) is 0 Å². The van der Waals surface area contributed by atoms with Crippen molar-refractivity contribution in [1.82, 2.24) is 9.78 Å². The molecule has 1 atom stereocenters. The highest BCUT2D eigenvalue weighted by Gasteiger charge is 2.16. The highest BCUT2D eigenvalue weighted by Crippen LogP contribution is 2.32. The molecule has 0 bridgehead atoms. The number of aromatic nitrogens is 2. The average molecular weight is 353 g/mol. The zero-order chi connectivity index (χ0) is 15.6. The lowest BCUT2D eigenvalue weighted by molar-refractivity contribution is -0.385. The number of nitrogens with one attached hydrogen (secondary N) is 1. The Labute approximate surface area is 131 Å². The minimum Gasteiger partial charge on any atom is -0.377 e. The summed E-state index contributed by atoms with van der Waals surface area (Å²) in [6, 6.07) is 3.31. The lowest BCUT2D eigenvalue weighted by atomic mass is 10.1. The number of halogens is 1. The van der Waals surface area contributed by atoms with Crippen LogP contribution < -0.4 is 5.32 Å². The zero-order valence-electron chi connectivity index (χ0n) is 12.1. The first kappa shape index (κ1) is 15.5. The van der Waals surface area contributed by atoms with Crippen molar-refractivity contribution in [2.24, 2.45) is 0 Å². The number of rotatable bonds is 5. The predicted octanol–water partition coefficient (Wildman–Crippen LogP) is 4.06. The molecule has 2 rings (SSSR count). The number of nitro groups is 1. The van der Waals surface area contributed by atoms with Crippen molar-refractivity contribution >= 4 is 27.3 Å². The van der Waals surface area contributed by atoms with Gasteiger partial charge in [-0.15, -0.1) is 0 Å². The third-order valence-electron chi connectivity index (χ3n) is 3.33. The first-order valence-corrected chi connectivity index (χ1v) is 7.45. The van der Waals surface area contributed by atoms with Gasteiger partial charge in [0.25, 0.3) is 5.69 Å². The summed E-state index contributed by atoms with van der Waals surface area (Å²) in [4.78, 5) is 10.7. The molecular formula is C14H17BrN4O2. The maximum absolute atomic E-state index is 11.0. The summed E-state index contributed by atoms with van der Waals surface area (Å²) in [5.41, 5.74) is 2.47. The lowest BCUT2D eigenvalue weighted by Gasteiger charge is -2.15. The van der Waals surface area contributed by atoms with Gasteiger partial charge in [0.15, 0.2) is 0 Å². The number of nitro benzene ring substituents is 1. The molecule has 2 aromatic rings. The van der Waals surface area contributed by atoms with E-state index in [1.807, 2.05) is 24.7 Å². The van der Waals surface area contributed by atoms with Crippen LogP contribution in [0.5, 0.6) is 0 Å². The molecule has 7 heteroatoms. The van der Waals surface area contributed by atoms with Crippen LogP contribution in [0.3, 0.4) is 0 Å². The molecule has 0 aliphatic heterocycles. The second kappa shape index (κ2) is 6.26. The van der Waals surface area contributed by atoms with E-state index in [1.165, 1.54) is 0 Å². The fraction of sp³-hybridized carbons (Fsp3) is 0.357. The van der Waals surface area contributed by atoms with Gasteiger partial charge >= 0.3 is 0 Å². The molecule has 0 amide bonds. The summed E-state index contributed by atoms with van der Waals surface area (Å²) in [5, 5.41) is 18.6. The van der Waals surface area contributed by atoms with Gasteiger partial charge in [-0.1, -0.05) is 0 Å². The number of aryl methyl sites for hydroxylation is 2. The van der Waals surface area contributed by atoms with E-state index in [0.29, 0.717) is 11.3 Å². The number of nitrogens with zero attached hydrogens (tertiary/aromatic N) is 3. The van der Waals surface area contributed by atoms with Crippen LogP contribution >= 0.6 is 15.9 Å². The third kappa shape index (κ3) is 3.41. The van der Waals surface area contributed by atoms with Crippen LogP contribution in [0.4, 0.5) is 11.4 Å². The predicted molar refractivity (Wildman–Crippen MR) is 85.5 cm³/mol. The molecule has 6 nitrogen and oxygen atoms in total. The number of anilines is 1. The van der Waals surface area contributed by atoms with Crippen LogP contribution in [0.2, 0.25) is 0 Å². The van der Waals surface area contributed by atoms with E-state index in [0.717, 1.165) is 16.6 Å². The van der Waals surface area contributed by atoms with Crippen LogP contribution in [-0.4, -0.2) is 14.7 Å². The van der Waals surface area contributed by atoms with Gasteiger partial charge in [-0.2, -0.15) is 5.10 Å². The molecule has 0 aliphatic rings. The van der Waals surface area contributed by atoms with Crippen LogP contribution in [0.1, 0.15) is 31.0 Å². The fourth-order valence-corrected chi connectivity index (χ4v) is 2.63. The molecule has 112 valence electrons. The van der Waals surface area contributed by atoms with Crippen molar-refractivity contribution in [2.45, 2.75) is 33.4 Å². The van der Waals surface area contributed by atoms with Gasteiger partial charge in [0, 0.05) is 34.4 Å². The summed E-state index contributed by atoms with van der Waals surface area (Å²) >= 11 is 3.44. The van der Waals surface area contributed by atoms with Gasteiger partial charge in [0.1, 0.15) is 0 Å². The summed E-state index contributed by atoms with van der Waals surface area (Å²) in [6.45, 7) is 6.55. The number of hydrogen-bond donors (Lipinski definition) is 1. The molecule has 0 fully saturated rings. The Morgan fingerprint density at radius 3 is 2.81 bits per heavy atom. The molecule has 1 unspecified atom stereocenters. The lowest BCUT2D eigenvalue weighted by Crippen LogP contribution is -2.07. The molecule has 0 radical (unpaired) electrons. The Balaban J connectivity index is 2.26. The molecule has 1 aromatic heterocycles. The van der Waals surface area contributed by atoms with Gasteiger partial charge in [0.05, 0.1) is 22.8 Å². The molecule has 1 heterocycles. The summed E-state index contributed by atoms with van der Waals surface area (Å²) in [6.07, 6.45) is 3.77. The average Bonchev–Trinajstić information content (AvgIpc) is 2.90. The fourth-order valence-electron chi connectivity index (χ4n) is 2.06. The maximum atomic E-state index is 11.0. The van der Waals surface area contributed by atoms with Crippen LogP contribution in [-0.2, 0) is 6.54 Å². The zero-order valence-corrected chi connectivity index (χ0v) is 13.7. The van der Waals surface area contributed by atoms with Gasteiger partial charge in [-0.05, 0) is 42.8 Å². The molecule has 0 aliphatic carbocycles. The topological polar surface area (TPSA) is 73.0 Å². The number of benzene rings is 1. The molecule has 1 aromatic carbocycles. The third-order valence-corrected chi connectivity index (χ3v) is 3.99. The minimum absolute atomic E-state index is 0.00362. The Hall–Kier alpha value is -1.89. The maximum Gasteiger partial charge on any atom is 0.274 e. The molecule has 0 spiro atoms. The van der Waals surface area contributed by atoms with E-state index in [9.17, 15) is 10.1 Å². The van der Waals surface area contributed by atoms with E-state index < -0.39 is 0 Å². The van der Waals surface area contributed by atoms with Gasteiger partial charge in [-0.25, -0.2) is 0 Å². The summed E-state index contributed by atoms with van der Waals surface area (Å²) in [5.74, 6) is 0. The molecule has 21 heavy (non-hydrogen) atoms. The van der Waals surface area contributed by atoms with Crippen molar-refractivity contribution in [3.63, 3.8) is 0 Å². The normalized spacial score (nSPS) is 12.2. The van der Waals surface area contributed by atoms with Gasteiger partial charge in [-0.3, -0.25) is 14.8 Å². The first-order chi connectivity index (χ1) is 9.92. The summed E-state index contributed by atoms with van der Waals surface area (Å²) in [7, 11) is 0. The first-order valence-electron chi connectivity index (χ1n) is 6.65. The van der Waals surface area contributed by atoms with E-state index in [2.05, 4.69) is 26.3 Å². The summed E-state index contributed by atoms with van der Waals surface area (Å²) < 4.78 is 2.65. The minimum atomic E-state index is -0.368. The number of hydrogen-bond acceptors (Lipinski definition) is 4.